The highest BCUT2D eigenvalue weighted by Crippen LogP contribution is 2.35. The third-order valence-electron chi connectivity index (χ3n) is 5.08. The molecule has 0 saturated heterocycles. The topological polar surface area (TPSA) is 85.2 Å². The molecule has 10 heteroatoms. The van der Waals surface area contributed by atoms with Crippen molar-refractivity contribution in [2.75, 3.05) is 16.3 Å². The molecular weight excluding hydrogens is 440 g/mol. The molecule has 0 spiro atoms. The first-order valence-corrected chi connectivity index (χ1v) is 13.1. The number of sulfonamides is 1. The van der Waals surface area contributed by atoms with Crippen molar-refractivity contribution in [3.63, 3.8) is 0 Å². The van der Waals surface area contributed by atoms with Gasteiger partial charge in [0.1, 0.15) is 5.82 Å². The van der Waals surface area contributed by atoms with Gasteiger partial charge < -0.3 is 4.57 Å². The fraction of sp³-hybridized carbons (Fsp3) is 0.350. The maximum Gasteiger partial charge on any atom is 0.232 e. The Hall–Kier alpha value is -2.17. The summed E-state index contributed by atoms with van der Waals surface area (Å²) in [4.78, 5) is 14.0. The zero-order valence-electron chi connectivity index (χ0n) is 16.9. The highest BCUT2D eigenvalue weighted by atomic mass is 32.2. The minimum atomic E-state index is -3.34. The Morgan fingerprint density at radius 2 is 2.10 bits per heavy atom. The zero-order valence-corrected chi connectivity index (χ0v) is 19.4. The van der Waals surface area contributed by atoms with Crippen LogP contribution in [0.1, 0.15) is 33.5 Å². The lowest BCUT2D eigenvalue weighted by molar-refractivity contribution is 0.102. The molecule has 0 saturated carbocycles. The number of benzene rings is 1. The van der Waals surface area contributed by atoms with Crippen LogP contribution in [-0.4, -0.2) is 47.0 Å². The van der Waals surface area contributed by atoms with E-state index in [2.05, 4.69) is 16.3 Å². The van der Waals surface area contributed by atoms with Crippen LogP contribution in [0.4, 0.5) is 5.69 Å². The molecule has 4 rings (SSSR count). The average molecular weight is 463 g/mol. The molecule has 3 heterocycles. The van der Waals surface area contributed by atoms with Gasteiger partial charge in [0.25, 0.3) is 0 Å². The van der Waals surface area contributed by atoms with Crippen LogP contribution in [0, 0.1) is 0 Å². The molecule has 0 radical (unpaired) electrons. The molecule has 1 aliphatic rings. The van der Waals surface area contributed by atoms with Crippen molar-refractivity contribution in [3.8, 4) is 0 Å². The Kier molecular flexibility index (Phi) is 5.73. The molecule has 1 aliphatic heterocycles. The minimum absolute atomic E-state index is 0.0175. The van der Waals surface area contributed by atoms with Crippen LogP contribution in [-0.2, 0) is 29.9 Å². The summed E-state index contributed by atoms with van der Waals surface area (Å²) in [5, 5.41) is 11.2. The van der Waals surface area contributed by atoms with Crippen molar-refractivity contribution >= 4 is 44.6 Å². The van der Waals surface area contributed by atoms with E-state index in [-0.39, 0.29) is 17.6 Å². The van der Waals surface area contributed by atoms with Crippen molar-refractivity contribution in [2.24, 2.45) is 7.05 Å². The predicted octanol–water partition coefficient (Wildman–Crippen LogP) is 3.15. The van der Waals surface area contributed by atoms with E-state index < -0.39 is 10.0 Å². The number of carbonyl (C=O) groups excluding carboxylic acids is 1. The van der Waals surface area contributed by atoms with Crippen LogP contribution in [0.2, 0.25) is 0 Å². The number of hydrogen-bond donors (Lipinski definition) is 0. The number of Topliss-reactive ketones (excluding diaryl/α,β-unsaturated/α-hetero) is 1. The van der Waals surface area contributed by atoms with Gasteiger partial charge in [-0.05, 0) is 48.6 Å². The van der Waals surface area contributed by atoms with Crippen molar-refractivity contribution in [1.29, 1.82) is 0 Å². The van der Waals surface area contributed by atoms with E-state index in [0.29, 0.717) is 22.8 Å². The van der Waals surface area contributed by atoms with Crippen LogP contribution >= 0.6 is 23.1 Å². The number of rotatable bonds is 7. The van der Waals surface area contributed by atoms with Crippen molar-refractivity contribution in [2.45, 2.75) is 31.0 Å². The second-order valence-corrected chi connectivity index (χ2v) is 11.2. The van der Waals surface area contributed by atoms with Gasteiger partial charge in [-0.15, -0.1) is 21.5 Å². The molecule has 3 aromatic rings. The number of carbonyl (C=O) groups is 1. The number of ketones is 1. The van der Waals surface area contributed by atoms with Crippen LogP contribution in [0.15, 0.2) is 40.9 Å². The maximum atomic E-state index is 12.7. The number of hydrogen-bond acceptors (Lipinski definition) is 7. The fourth-order valence-electron chi connectivity index (χ4n) is 3.69. The smallest absolute Gasteiger partial charge is 0.232 e. The van der Waals surface area contributed by atoms with Crippen molar-refractivity contribution in [3.05, 3.63) is 57.5 Å². The van der Waals surface area contributed by atoms with Crippen LogP contribution in [0.5, 0.6) is 0 Å². The third kappa shape index (κ3) is 4.17. The Morgan fingerprint density at radius 3 is 2.80 bits per heavy atom. The number of fused-ring (bicyclic) bond motifs is 1. The van der Waals surface area contributed by atoms with Crippen molar-refractivity contribution < 1.29 is 13.2 Å². The fourth-order valence-corrected chi connectivity index (χ4v) is 6.48. The molecule has 1 aromatic carbocycles. The first-order chi connectivity index (χ1) is 14.2. The Morgan fingerprint density at radius 1 is 1.30 bits per heavy atom. The van der Waals surface area contributed by atoms with E-state index in [1.54, 1.807) is 23.5 Å². The Labute approximate surface area is 184 Å². The normalized spacial score (nSPS) is 16.1. The summed E-state index contributed by atoms with van der Waals surface area (Å²) in [7, 11) is -1.43. The van der Waals surface area contributed by atoms with Gasteiger partial charge in [-0.3, -0.25) is 9.10 Å². The van der Waals surface area contributed by atoms with Gasteiger partial charge >= 0.3 is 0 Å². The SMILES string of the molecule is CC1Cc2cc(C(=O)CSc3nnc(Cc4cccs4)n3C)ccc2N1S(C)(=O)=O. The highest BCUT2D eigenvalue weighted by molar-refractivity contribution is 7.99. The average Bonchev–Trinajstić information content (AvgIpc) is 3.39. The van der Waals surface area contributed by atoms with Gasteiger partial charge in [-0.25, -0.2) is 8.42 Å². The van der Waals surface area contributed by atoms with Gasteiger partial charge in [-0.2, -0.15) is 0 Å². The summed E-state index contributed by atoms with van der Waals surface area (Å²) in [6, 6.07) is 9.19. The Bertz CT molecular complexity index is 1190. The lowest BCUT2D eigenvalue weighted by atomic mass is 10.0. The van der Waals surface area contributed by atoms with Gasteiger partial charge in [-0.1, -0.05) is 17.8 Å². The Balaban J connectivity index is 1.44. The molecule has 0 N–H and O–H groups in total. The molecule has 30 heavy (non-hydrogen) atoms. The second-order valence-electron chi connectivity index (χ2n) is 7.38. The first-order valence-electron chi connectivity index (χ1n) is 9.43. The van der Waals surface area contributed by atoms with Crippen LogP contribution in [0.25, 0.3) is 0 Å². The third-order valence-corrected chi connectivity index (χ3v) is 8.25. The van der Waals surface area contributed by atoms with E-state index >= 15 is 0 Å². The first kappa shape index (κ1) is 21.1. The van der Waals surface area contributed by atoms with E-state index in [1.807, 2.05) is 36.1 Å². The highest BCUT2D eigenvalue weighted by Gasteiger charge is 2.32. The summed E-state index contributed by atoms with van der Waals surface area (Å²) in [6.07, 6.45) is 2.53. The lowest BCUT2D eigenvalue weighted by Gasteiger charge is -2.21. The summed E-state index contributed by atoms with van der Waals surface area (Å²) in [5.41, 5.74) is 2.14. The molecule has 2 aromatic heterocycles. The van der Waals surface area contributed by atoms with E-state index in [0.717, 1.165) is 17.8 Å². The predicted molar refractivity (Wildman–Crippen MR) is 120 cm³/mol. The number of aromatic nitrogens is 3. The molecule has 158 valence electrons. The quantitative estimate of drug-likeness (QED) is 0.396. The number of thioether (sulfide) groups is 1. The molecule has 0 fully saturated rings. The van der Waals surface area contributed by atoms with Gasteiger partial charge in [0.05, 0.1) is 17.7 Å². The number of nitrogens with zero attached hydrogens (tertiary/aromatic N) is 4. The summed E-state index contributed by atoms with van der Waals surface area (Å²) in [6.45, 7) is 1.88. The van der Waals surface area contributed by atoms with Crippen LogP contribution < -0.4 is 4.31 Å². The zero-order chi connectivity index (χ0) is 21.5. The second kappa shape index (κ2) is 8.16. The van der Waals surface area contributed by atoms with Crippen molar-refractivity contribution in [1.82, 2.24) is 14.8 Å². The van der Waals surface area contributed by atoms with Crippen LogP contribution in [0.3, 0.4) is 0 Å². The maximum absolute atomic E-state index is 12.7. The molecular formula is C20H22N4O3S3. The van der Waals surface area contributed by atoms with Gasteiger partial charge in [0.2, 0.25) is 10.0 Å². The summed E-state index contributed by atoms with van der Waals surface area (Å²) < 4.78 is 27.5. The monoisotopic (exact) mass is 462 g/mol. The number of thiophene rings is 1. The van der Waals surface area contributed by atoms with Gasteiger partial charge in [0, 0.05) is 30.0 Å². The number of anilines is 1. The van der Waals surface area contributed by atoms with Gasteiger partial charge in [0.15, 0.2) is 10.9 Å². The lowest BCUT2D eigenvalue weighted by Crippen LogP contribution is -2.34. The minimum Gasteiger partial charge on any atom is -0.309 e. The van der Waals surface area contributed by atoms with E-state index in [1.165, 1.54) is 27.2 Å². The molecule has 7 nitrogen and oxygen atoms in total. The standard InChI is InChI=1S/C20H22N4O3S3/c1-13-9-15-10-14(6-7-17(15)24(13)30(3,26)27)18(25)12-29-20-22-21-19(23(20)2)11-16-5-4-8-28-16/h4-8,10,13H,9,11-12H2,1-3H3. The van der Waals surface area contributed by atoms with E-state index in [4.69, 9.17) is 0 Å². The molecule has 0 amide bonds. The van der Waals surface area contributed by atoms with E-state index in [9.17, 15) is 13.2 Å². The summed E-state index contributed by atoms with van der Waals surface area (Å²) >= 11 is 3.04. The molecule has 0 aliphatic carbocycles. The molecule has 0 bridgehead atoms. The molecule has 1 atom stereocenters. The summed E-state index contributed by atoms with van der Waals surface area (Å²) in [5.74, 6) is 1.09. The molecule has 1 unspecified atom stereocenters. The largest absolute Gasteiger partial charge is 0.309 e.